The summed E-state index contributed by atoms with van der Waals surface area (Å²) in [7, 11) is 0. The molecule has 10 nitrogen and oxygen atoms in total. The van der Waals surface area contributed by atoms with Gasteiger partial charge in [0.25, 0.3) is 5.91 Å². The number of hydrogen-bond acceptors (Lipinski definition) is 9. The van der Waals surface area contributed by atoms with Crippen LogP contribution in [0, 0.1) is 0 Å². The highest BCUT2D eigenvalue weighted by atomic mass is 16.7. The lowest BCUT2D eigenvalue weighted by atomic mass is 9.95. The molecule has 0 spiro atoms. The van der Waals surface area contributed by atoms with Gasteiger partial charge in [0.15, 0.2) is 18.5 Å². The summed E-state index contributed by atoms with van der Waals surface area (Å²) < 4.78 is 23.0. The van der Waals surface area contributed by atoms with E-state index >= 15 is 0 Å². The van der Waals surface area contributed by atoms with Crippen molar-refractivity contribution in [1.29, 1.82) is 0 Å². The smallest absolute Gasteiger partial charge is 0.338 e. The molecule has 0 aliphatic carbocycles. The van der Waals surface area contributed by atoms with E-state index in [-0.39, 0.29) is 22.3 Å². The van der Waals surface area contributed by atoms with E-state index in [4.69, 9.17) is 18.9 Å². The predicted molar refractivity (Wildman–Crippen MR) is 157 cm³/mol. The Bertz CT molecular complexity index is 1570. The molecule has 224 valence electrons. The number of benzene rings is 4. The van der Waals surface area contributed by atoms with Gasteiger partial charge in [-0.2, -0.15) is 0 Å². The fourth-order valence-electron chi connectivity index (χ4n) is 4.66. The van der Waals surface area contributed by atoms with Crippen molar-refractivity contribution < 1.29 is 43.2 Å². The summed E-state index contributed by atoms with van der Waals surface area (Å²) in [5.74, 6) is -2.87. The van der Waals surface area contributed by atoms with Crippen LogP contribution in [-0.2, 0) is 18.9 Å². The molecule has 1 aliphatic heterocycles. The molecule has 4 aromatic rings. The Morgan fingerprint density at radius 2 is 1.00 bits per heavy atom. The van der Waals surface area contributed by atoms with Gasteiger partial charge in [0.2, 0.25) is 0 Å². The van der Waals surface area contributed by atoms with E-state index in [9.17, 15) is 24.3 Å². The number of nitrogens with one attached hydrogen (secondary N) is 1. The first-order valence-electron chi connectivity index (χ1n) is 13.8. The Morgan fingerprint density at radius 1 is 0.591 bits per heavy atom. The molecule has 0 bridgehead atoms. The Hall–Kier alpha value is -5.32. The van der Waals surface area contributed by atoms with Gasteiger partial charge in [-0.05, 0) is 48.5 Å². The maximum Gasteiger partial charge on any atom is 0.338 e. The van der Waals surface area contributed by atoms with Crippen molar-refractivity contribution in [3.63, 3.8) is 0 Å². The van der Waals surface area contributed by atoms with Crippen LogP contribution in [-0.4, -0.2) is 66.2 Å². The monoisotopic (exact) mass is 595 g/mol. The molecule has 10 heteroatoms. The van der Waals surface area contributed by atoms with Crippen LogP contribution in [0.15, 0.2) is 121 Å². The van der Waals surface area contributed by atoms with Gasteiger partial charge < -0.3 is 29.4 Å². The number of amides is 1. The minimum absolute atomic E-state index is 0.182. The van der Waals surface area contributed by atoms with Crippen molar-refractivity contribution in [2.24, 2.45) is 0 Å². The molecule has 1 heterocycles. The number of aliphatic hydroxyl groups excluding tert-OH is 1. The van der Waals surface area contributed by atoms with Crippen molar-refractivity contribution in [2.45, 2.75) is 30.6 Å². The zero-order valence-electron chi connectivity index (χ0n) is 23.4. The van der Waals surface area contributed by atoms with Gasteiger partial charge in [-0.1, -0.05) is 72.8 Å². The molecule has 0 saturated carbocycles. The second-order valence-corrected chi connectivity index (χ2v) is 9.87. The Balaban J connectivity index is 1.48. The highest BCUT2D eigenvalue weighted by molar-refractivity contribution is 5.94. The predicted octanol–water partition coefficient (Wildman–Crippen LogP) is 3.81. The molecule has 5 atom stereocenters. The Morgan fingerprint density at radius 3 is 1.48 bits per heavy atom. The summed E-state index contributed by atoms with van der Waals surface area (Å²) >= 11 is 0. The third kappa shape index (κ3) is 7.35. The highest BCUT2D eigenvalue weighted by Gasteiger charge is 2.51. The zero-order chi connectivity index (χ0) is 30.9. The van der Waals surface area contributed by atoms with Gasteiger partial charge in [0.1, 0.15) is 18.8 Å². The van der Waals surface area contributed by atoms with Crippen LogP contribution in [0.25, 0.3) is 0 Å². The van der Waals surface area contributed by atoms with E-state index < -0.39 is 61.1 Å². The average Bonchev–Trinajstić information content (AvgIpc) is 3.07. The molecule has 44 heavy (non-hydrogen) atoms. The van der Waals surface area contributed by atoms with Gasteiger partial charge in [0, 0.05) is 5.56 Å². The summed E-state index contributed by atoms with van der Waals surface area (Å²) in [5.41, 5.74) is 0.907. The van der Waals surface area contributed by atoms with E-state index in [1.807, 2.05) is 0 Å². The van der Waals surface area contributed by atoms with E-state index in [2.05, 4.69) is 5.32 Å². The lowest BCUT2D eigenvalue weighted by Crippen LogP contribution is -2.66. The molecule has 5 rings (SSSR count). The van der Waals surface area contributed by atoms with Crippen LogP contribution < -0.4 is 5.32 Å². The molecule has 1 aliphatic rings. The first-order valence-corrected chi connectivity index (χ1v) is 13.8. The van der Waals surface area contributed by atoms with Crippen LogP contribution in [0.2, 0.25) is 0 Å². The third-order valence-electron chi connectivity index (χ3n) is 6.89. The molecule has 1 amide bonds. The maximum absolute atomic E-state index is 13.3. The largest absolute Gasteiger partial charge is 0.459 e. The van der Waals surface area contributed by atoms with Gasteiger partial charge in [-0.3, -0.25) is 4.79 Å². The number of ether oxygens (including phenoxy) is 4. The van der Waals surface area contributed by atoms with Gasteiger partial charge >= 0.3 is 17.9 Å². The van der Waals surface area contributed by atoms with E-state index in [0.29, 0.717) is 0 Å². The van der Waals surface area contributed by atoms with Crippen molar-refractivity contribution in [3.05, 3.63) is 144 Å². The summed E-state index contributed by atoms with van der Waals surface area (Å²) in [5, 5.41) is 13.8. The molecule has 0 aromatic heterocycles. The van der Waals surface area contributed by atoms with Crippen molar-refractivity contribution >= 4 is 23.8 Å². The molecule has 0 radical (unpaired) electrons. The van der Waals surface area contributed by atoms with Crippen LogP contribution in [0.3, 0.4) is 0 Å². The maximum atomic E-state index is 13.3. The van der Waals surface area contributed by atoms with Gasteiger partial charge in [-0.15, -0.1) is 0 Å². The second-order valence-electron chi connectivity index (χ2n) is 9.87. The number of hydrogen-bond donors (Lipinski definition) is 2. The quantitative estimate of drug-likeness (QED) is 0.219. The molecule has 0 unspecified atom stereocenters. The first-order chi connectivity index (χ1) is 21.4. The molecular formula is C34H29NO9. The minimum atomic E-state index is -1.75. The van der Waals surface area contributed by atoms with Crippen LogP contribution >= 0.6 is 0 Å². The average molecular weight is 596 g/mol. The molecule has 1 saturated heterocycles. The van der Waals surface area contributed by atoms with Gasteiger partial charge in [0.05, 0.1) is 16.7 Å². The number of carbonyl (C=O) groups excluding carboxylic acids is 4. The summed E-state index contributed by atoms with van der Waals surface area (Å²) in [4.78, 5) is 52.5. The van der Waals surface area contributed by atoms with Gasteiger partial charge in [-0.25, -0.2) is 14.4 Å². The lowest BCUT2D eigenvalue weighted by Gasteiger charge is -2.43. The Kier molecular flexibility index (Phi) is 9.75. The molecule has 1 fully saturated rings. The number of rotatable bonds is 9. The highest BCUT2D eigenvalue weighted by Crippen LogP contribution is 2.28. The molecule has 2 N–H and O–H groups in total. The molecule has 4 aromatic carbocycles. The molecular weight excluding hydrogens is 566 g/mol. The van der Waals surface area contributed by atoms with Crippen molar-refractivity contribution in [2.75, 3.05) is 6.61 Å². The number of esters is 3. The fourth-order valence-corrected chi connectivity index (χ4v) is 4.66. The fraction of sp³-hybridized carbons (Fsp3) is 0.176. The van der Waals surface area contributed by atoms with Crippen molar-refractivity contribution in [1.82, 2.24) is 5.32 Å². The first kappa shape index (κ1) is 30.1. The number of aliphatic hydroxyl groups is 1. The van der Waals surface area contributed by atoms with E-state index in [1.165, 1.54) is 24.3 Å². The summed E-state index contributed by atoms with van der Waals surface area (Å²) in [6, 6.07) is 31.1. The van der Waals surface area contributed by atoms with E-state index in [0.717, 1.165) is 0 Å². The topological polar surface area (TPSA) is 137 Å². The summed E-state index contributed by atoms with van der Waals surface area (Å²) in [6.07, 6.45) is -5.93. The lowest BCUT2D eigenvalue weighted by molar-refractivity contribution is -0.251. The van der Waals surface area contributed by atoms with Crippen molar-refractivity contribution in [3.8, 4) is 0 Å². The van der Waals surface area contributed by atoms with E-state index in [1.54, 1.807) is 97.1 Å². The van der Waals surface area contributed by atoms with Crippen LogP contribution in [0.1, 0.15) is 41.4 Å². The van der Waals surface area contributed by atoms with Crippen LogP contribution in [0.5, 0.6) is 0 Å². The Labute approximate surface area is 253 Å². The standard InChI is InChI=1S/C34H29NO9/c36-30(22-13-5-1-6-14-22)35-27-29(44-33(39)25-19-11-4-12-20-25)28(43-32(38)24-17-9-3-10-18-24)26(42-34(27)40)21-41-31(37)23-15-7-2-8-16-23/h1-20,26-29,34,40H,21H2,(H,35,36)/t26-,27-,28-,29-,34+/m1/s1. The second kappa shape index (κ2) is 14.2. The SMILES string of the molecule is O=C(N[C@@H]1[C@@H](OC(=O)c2ccccc2)[C@H](OC(=O)c2ccccc2)[C@@H](COC(=O)c2ccccc2)O[C@@H]1O)c1ccccc1. The summed E-state index contributed by atoms with van der Waals surface area (Å²) in [6.45, 7) is -0.476. The number of carbonyl (C=O) groups is 4. The third-order valence-corrected chi connectivity index (χ3v) is 6.89. The zero-order valence-corrected chi connectivity index (χ0v) is 23.4. The minimum Gasteiger partial charge on any atom is -0.459 e. The normalized spacial score (nSPS) is 21.0. The van der Waals surface area contributed by atoms with Crippen LogP contribution in [0.4, 0.5) is 0 Å².